The summed E-state index contributed by atoms with van der Waals surface area (Å²) in [6.45, 7) is 17.5. The zero-order valence-electron chi connectivity index (χ0n) is 28.3. The van der Waals surface area contributed by atoms with Crippen LogP contribution in [0.2, 0.25) is 6.32 Å². The number of thiophene rings is 2. The third kappa shape index (κ3) is 11.9. The van der Waals surface area contributed by atoms with E-state index in [9.17, 15) is 13.2 Å². The number of nitrogens with zero attached hydrogens (tertiary/aromatic N) is 2. The van der Waals surface area contributed by atoms with Crippen molar-refractivity contribution in [3.63, 3.8) is 0 Å². The highest BCUT2D eigenvalue weighted by Crippen LogP contribution is 2.27. The standard InChI is InChI=1S/C21H28BF3S2.C16H22N2/c1-19(2,3)15-11-17(26-13-15)22(10-8-7-9-21(23,24)25)18-12-16(14-27-18)20(4,5)6;1-3-4-5-6-7-15-8-10-16(11-9-15)18-13-12-17-14(18)2/h7,9,11-14H,8,10H2,1-6H3;8-13H,3-7H2,1-2H3. The van der Waals surface area contributed by atoms with E-state index >= 15 is 0 Å². The van der Waals surface area contributed by atoms with E-state index in [1.54, 1.807) is 22.7 Å². The van der Waals surface area contributed by atoms with Gasteiger partial charge >= 0.3 is 6.18 Å². The molecule has 0 N–H and O–H groups in total. The minimum absolute atomic E-state index is 0.0709. The highest BCUT2D eigenvalue weighted by atomic mass is 32.1. The number of rotatable bonds is 11. The van der Waals surface area contributed by atoms with Gasteiger partial charge in [0.05, 0.1) is 0 Å². The van der Waals surface area contributed by atoms with Crippen LogP contribution in [0.15, 0.2) is 71.7 Å². The number of aromatic nitrogens is 2. The molecule has 0 fully saturated rings. The largest absolute Gasteiger partial charge is 0.409 e. The lowest BCUT2D eigenvalue weighted by Crippen LogP contribution is -2.38. The van der Waals surface area contributed by atoms with Gasteiger partial charge in [0.15, 0.2) is 0 Å². The molecule has 4 aromatic rings. The fourth-order valence-electron chi connectivity index (χ4n) is 4.99. The molecule has 0 aliphatic rings. The third-order valence-electron chi connectivity index (χ3n) is 7.95. The van der Waals surface area contributed by atoms with E-state index in [4.69, 9.17) is 0 Å². The zero-order valence-corrected chi connectivity index (χ0v) is 29.9. The molecular weight excluding hydrogens is 604 g/mol. The van der Waals surface area contributed by atoms with Crippen molar-refractivity contribution in [2.45, 2.75) is 117 Å². The molecule has 244 valence electrons. The summed E-state index contributed by atoms with van der Waals surface area (Å²) in [6.07, 6.45) is 8.82. The summed E-state index contributed by atoms with van der Waals surface area (Å²) in [5.74, 6) is 1.03. The first-order valence-electron chi connectivity index (χ1n) is 16.1. The van der Waals surface area contributed by atoms with Gasteiger partial charge in [-0.3, -0.25) is 0 Å². The average Bonchev–Trinajstić information content (AvgIpc) is 3.72. The van der Waals surface area contributed by atoms with Gasteiger partial charge in [0, 0.05) is 24.2 Å². The minimum Gasteiger partial charge on any atom is -0.304 e. The SMILES string of the molecule is CC(C)(C)c1csc(B(CCC=CC(F)(F)F)c2cc(C(C)(C)C)cs2)c1.CCCCCCc1ccc(-n2ccnc2C)cc1. The molecule has 0 radical (unpaired) electrons. The molecule has 3 heterocycles. The predicted molar refractivity (Wildman–Crippen MR) is 192 cm³/mol. The smallest absolute Gasteiger partial charge is 0.304 e. The van der Waals surface area contributed by atoms with Crippen molar-refractivity contribution in [3.8, 4) is 5.69 Å². The van der Waals surface area contributed by atoms with Gasteiger partial charge in [0.25, 0.3) is 0 Å². The molecule has 0 aliphatic heterocycles. The van der Waals surface area contributed by atoms with E-state index in [0.29, 0.717) is 18.8 Å². The molecule has 4 rings (SSSR count). The van der Waals surface area contributed by atoms with E-state index < -0.39 is 6.18 Å². The fourth-order valence-corrected chi connectivity index (χ4v) is 7.64. The summed E-state index contributed by atoms with van der Waals surface area (Å²) in [5, 5.41) is 4.37. The summed E-state index contributed by atoms with van der Waals surface area (Å²) in [4.78, 5) is 4.25. The molecule has 0 spiro atoms. The maximum Gasteiger partial charge on any atom is 0.409 e. The Morgan fingerprint density at radius 1 is 0.844 bits per heavy atom. The lowest BCUT2D eigenvalue weighted by molar-refractivity contribution is -0.0800. The molecule has 0 saturated heterocycles. The zero-order chi connectivity index (χ0) is 33.3. The maximum atomic E-state index is 12.4. The van der Waals surface area contributed by atoms with Gasteiger partial charge in [-0.2, -0.15) is 35.8 Å². The molecule has 0 unspecified atom stereocenters. The number of unbranched alkanes of at least 4 members (excludes halogenated alkanes) is 3. The summed E-state index contributed by atoms with van der Waals surface area (Å²) >= 11 is 3.44. The lowest BCUT2D eigenvalue weighted by Gasteiger charge is -2.17. The lowest BCUT2D eigenvalue weighted by atomic mass is 9.44. The highest BCUT2D eigenvalue weighted by molar-refractivity contribution is 7.31. The molecule has 0 amide bonds. The Bertz CT molecular complexity index is 1410. The van der Waals surface area contributed by atoms with Crippen molar-refractivity contribution in [2.75, 3.05) is 0 Å². The summed E-state index contributed by atoms with van der Waals surface area (Å²) in [6, 6.07) is 13.3. The van der Waals surface area contributed by atoms with Crippen molar-refractivity contribution in [1.29, 1.82) is 0 Å². The van der Waals surface area contributed by atoms with Gasteiger partial charge in [-0.1, -0.05) is 104 Å². The Morgan fingerprint density at radius 3 is 1.87 bits per heavy atom. The van der Waals surface area contributed by atoms with Crippen LogP contribution in [-0.4, -0.2) is 22.4 Å². The van der Waals surface area contributed by atoms with Gasteiger partial charge < -0.3 is 4.57 Å². The van der Waals surface area contributed by atoms with E-state index in [1.165, 1.54) is 70.1 Å². The van der Waals surface area contributed by atoms with E-state index in [0.717, 1.165) is 5.82 Å². The van der Waals surface area contributed by atoms with Gasteiger partial charge in [0.1, 0.15) is 5.82 Å². The molecule has 1 aromatic carbocycles. The third-order valence-corrected chi connectivity index (χ3v) is 10.0. The molecule has 0 atom stereocenters. The monoisotopic (exact) mass is 654 g/mol. The van der Waals surface area contributed by atoms with Gasteiger partial charge in [-0.05, 0) is 86.2 Å². The van der Waals surface area contributed by atoms with Crippen molar-refractivity contribution < 1.29 is 13.2 Å². The molecule has 2 nitrogen and oxygen atoms in total. The van der Waals surface area contributed by atoms with Crippen LogP contribution >= 0.6 is 22.7 Å². The van der Waals surface area contributed by atoms with Crippen LogP contribution in [0, 0.1) is 6.92 Å². The number of imidazole rings is 1. The van der Waals surface area contributed by atoms with Gasteiger partial charge in [0.2, 0.25) is 6.71 Å². The highest BCUT2D eigenvalue weighted by Gasteiger charge is 2.27. The number of allylic oxidation sites excluding steroid dienone is 2. The fraction of sp³-hybridized carbons (Fsp3) is 0.486. The summed E-state index contributed by atoms with van der Waals surface area (Å²) in [7, 11) is 0. The van der Waals surface area contributed by atoms with Crippen LogP contribution in [0.5, 0.6) is 0 Å². The molecule has 8 heteroatoms. The summed E-state index contributed by atoms with van der Waals surface area (Å²) < 4.78 is 41.8. The van der Waals surface area contributed by atoms with E-state index in [2.05, 4.69) is 105 Å². The Labute approximate surface area is 277 Å². The minimum atomic E-state index is -4.24. The van der Waals surface area contributed by atoms with Crippen molar-refractivity contribution in [1.82, 2.24) is 9.55 Å². The van der Waals surface area contributed by atoms with Crippen LogP contribution in [0.3, 0.4) is 0 Å². The van der Waals surface area contributed by atoms with Crippen LogP contribution in [0.4, 0.5) is 13.2 Å². The predicted octanol–water partition coefficient (Wildman–Crippen LogP) is 10.8. The molecule has 3 aromatic heterocycles. The molecule has 0 saturated carbocycles. The van der Waals surface area contributed by atoms with Crippen LogP contribution in [0.1, 0.15) is 103 Å². The number of hydrogen-bond donors (Lipinski definition) is 0. The van der Waals surface area contributed by atoms with Crippen LogP contribution < -0.4 is 9.55 Å². The summed E-state index contributed by atoms with van der Waals surface area (Å²) in [5.41, 5.74) is 5.34. The molecule has 45 heavy (non-hydrogen) atoms. The maximum absolute atomic E-state index is 12.4. The Hall–Kier alpha value is -2.58. The second-order valence-corrected chi connectivity index (χ2v) is 15.8. The van der Waals surface area contributed by atoms with Crippen LogP contribution in [-0.2, 0) is 17.3 Å². The quantitative estimate of drug-likeness (QED) is 0.0894. The Kier molecular flexibility index (Phi) is 13.4. The Morgan fingerprint density at radius 2 is 1.42 bits per heavy atom. The molecule has 0 aliphatic carbocycles. The van der Waals surface area contributed by atoms with Gasteiger partial charge in [-0.15, -0.1) is 0 Å². The van der Waals surface area contributed by atoms with Crippen LogP contribution in [0.25, 0.3) is 5.69 Å². The van der Waals surface area contributed by atoms with Crippen molar-refractivity contribution in [2.24, 2.45) is 0 Å². The normalized spacial score (nSPS) is 12.4. The van der Waals surface area contributed by atoms with Gasteiger partial charge in [-0.25, -0.2) is 4.98 Å². The first kappa shape index (κ1) is 36.9. The Balaban J connectivity index is 0.000000265. The topological polar surface area (TPSA) is 17.8 Å². The number of halogens is 3. The number of benzene rings is 1. The first-order valence-corrected chi connectivity index (χ1v) is 17.9. The molecular formula is C37H50BF3N2S2. The second kappa shape index (κ2) is 16.3. The van der Waals surface area contributed by atoms with Crippen molar-refractivity contribution >= 4 is 38.9 Å². The molecule has 0 bridgehead atoms. The van der Waals surface area contributed by atoms with Crippen molar-refractivity contribution in [3.05, 3.63) is 94.2 Å². The van der Waals surface area contributed by atoms with E-state index in [-0.39, 0.29) is 17.5 Å². The van der Waals surface area contributed by atoms with E-state index in [1.807, 2.05) is 19.3 Å². The number of hydrogen-bond acceptors (Lipinski definition) is 3. The number of aryl methyl sites for hydroxylation is 2. The average molecular weight is 655 g/mol. The second-order valence-electron chi connectivity index (χ2n) is 13.9. The number of alkyl halides is 3. The first-order chi connectivity index (χ1) is 21.1.